The van der Waals surface area contributed by atoms with Crippen LogP contribution >= 0.6 is 0 Å². The maximum Gasteiger partial charge on any atom is 2.00 e. The minimum Gasteiger partial charge on any atom is -0.872 e. The fraction of sp³-hybridized carbons (Fsp3) is 0. The smallest absolute Gasteiger partial charge is 0.872 e. The standard InChI is InChI=1S/B2O5.2Ca/c3-1(4)7-2(5)6;;/q-4;2*+2. The molecular formula is B2Ca2O5. The van der Waals surface area contributed by atoms with E-state index >= 15 is 0 Å². The van der Waals surface area contributed by atoms with Crippen molar-refractivity contribution in [1.29, 1.82) is 0 Å². The first-order valence-corrected chi connectivity index (χ1v) is 1.41. The van der Waals surface area contributed by atoms with Gasteiger partial charge in [0.05, 0.1) is 0 Å². The van der Waals surface area contributed by atoms with E-state index in [1.54, 1.807) is 0 Å². The predicted octanol–water partition coefficient (Wildman–Crippen LogP) is -6.35. The Kier molecular flexibility index (Phi) is 20.3. The molecular weight excluding hydrogens is 182 g/mol. The van der Waals surface area contributed by atoms with Gasteiger partial charge in [-0.15, -0.1) is 0 Å². The second-order valence-corrected chi connectivity index (χ2v) is 0.713. The van der Waals surface area contributed by atoms with Gasteiger partial charge < -0.3 is 24.7 Å². The Hall–Kier alpha value is 2.45. The van der Waals surface area contributed by atoms with E-state index in [0.29, 0.717) is 0 Å². The summed E-state index contributed by atoms with van der Waals surface area (Å²) in [5.41, 5.74) is 0. The Morgan fingerprint density at radius 1 is 0.778 bits per heavy atom. The second kappa shape index (κ2) is 10.4. The van der Waals surface area contributed by atoms with Crippen molar-refractivity contribution < 1.29 is 24.7 Å². The second-order valence-electron chi connectivity index (χ2n) is 0.713. The van der Waals surface area contributed by atoms with Gasteiger partial charge in [0, 0.05) is 14.6 Å². The van der Waals surface area contributed by atoms with E-state index in [1.165, 1.54) is 0 Å². The Labute approximate surface area is 113 Å². The van der Waals surface area contributed by atoms with E-state index in [1.807, 2.05) is 0 Å². The van der Waals surface area contributed by atoms with Crippen LogP contribution in [0, 0.1) is 0 Å². The van der Waals surface area contributed by atoms with E-state index in [0.717, 1.165) is 0 Å². The van der Waals surface area contributed by atoms with Gasteiger partial charge in [-0.3, -0.25) is 0 Å². The van der Waals surface area contributed by atoms with Crippen LogP contribution in [0.4, 0.5) is 0 Å². The van der Waals surface area contributed by atoms with E-state index in [-0.39, 0.29) is 75.5 Å². The molecule has 0 rings (SSSR count). The summed E-state index contributed by atoms with van der Waals surface area (Å²) in [6, 6.07) is 0. The SMILES string of the molecule is [Ca+2].[Ca+2].[O-]B([O-])OB([O-])[O-]. The van der Waals surface area contributed by atoms with Crippen molar-refractivity contribution in [3.63, 3.8) is 0 Å². The van der Waals surface area contributed by atoms with E-state index in [4.69, 9.17) is 20.1 Å². The summed E-state index contributed by atoms with van der Waals surface area (Å²) in [7, 11) is -5.50. The van der Waals surface area contributed by atoms with Gasteiger partial charge >= 0.3 is 75.5 Å². The summed E-state index contributed by atoms with van der Waals surface area (Å²) < 4.78 is 3.03. The molecule has 0 saturated carbocycles. The van der Waals surface area contributed by atoms with Gasteiger partial charge in [-0.05, 0) is 0 Å². The molecule has 0 unspecified atom stereocenters. The maximum atomic E-state index is 9.16. The molecule has 0 saturated heterocycles. The zero-order valence-corrected chi connectivity index (χ0v) is 9.03. The normalized spacial score (nSPS) is 6.67. The number of hydrogen-bond donors (Lipinski definition) is 0. The minimum atomic E-state index is -2.75. The van der Waals surface area contributed by atoms with Crippen molar-refractivity contribution in [3.05, 3.63) is 0 Å². The van der Waals surface area contributed by atoms with Crippen LogP contribution in [0.3, 0.4) is 0 Å². The minimum absolute atomic E-state index is 0. The molecule has 0 aliphatic carbocycles. The third kappa shape index (κ3) is 17.9. The molecule has 0 fully saturated rings. The van der Waals surface area contributed by atoms with E-state index < -0.39 is 14.6 Å². The average Bonchev–Trinajstić information content (AvgIpc) is 1.27. The number of rotatable bonds is 2. The Balaban J connectivity index is -0.000000180. The molecule has 0 radical (unpaired) electrons. The van der Waals surface area contributed by atoms with Crippen molar-refractivity contribution in [1.82, 2.24) is 0 Å². The largest absolute Gasteiger partial charge is 2.00 e. The van der Waals surface area contributed by atoms with Gasteiger partial charge in [0.15, 0.2) is 0 Å². The van der Waals surface area contributed by atoms with Crippen LogP contribution in [-0.4, -0.2) is 90.1 Å². The van der Waals surface area contributed by atoms with E-state index in [2.05, 4.69) is 4.57 Å². The molecule has 40 valence electrons. The number of hydrogen-bond acceptors (Lipinski definition) is 5. The topological polar surface area (TPSA) is 101 Å². The monoisotopic (exact) mass is 182 g/mol. The van der Waals surface area contributed by atoms with Crippen LogP contribution in [0.15, 0.2) is 0 Å². The first kappa shape index (κ1) is 17.5. The molecule has 0 atom stereocenters. The van der Waals surface area contributed by atoms with Crippen molar-refractivity contribution in [2.24, 2.45) is 0 Å². The van der Waals surface area contributed by atoms with Crippen LogP contribution in [0.25, 0.3) is 0 Å². The van der Waals surface area contributed by atoms with Crippen molar-refractivity contribution in [3.8, 4) is 0 Å². The van der Waals surface area contributed by atoms with Gasteiger partial charge in [-0.1, -0.05) is 0 Å². The molecule has 0 N–H and O–H groups in total. The zero-order chi connectivity index (χ0) is 5.86. The molecule has 9 heteroatoms. The van der Waals surface area contributed by atoms with Crippen LogP contribution in [0.1, 0.15) is 0 Å². The molecule has 0 heterocycles. The fourth-order valence-electron chi connectivity index (χ4n) is 0.0907. The zero-order valence-electron chi connectivity index (χ0n) is 4.61. The van der Waals surface area contributed by atoms with Crippen molar-refractivity contribution in [2.45, 2.75) is 0 Å². The Bertz CT molecular complexity index is 42.2. The molecule has 0 aromatic carbocycles. The Morgan fingerprint density at radius 2 is 1.00 bits per heavy atom. The first-order valence-electron chi connectivity index (χ1n) is 1.41. The average molecular weight is 182 g/mol. The predicted molar refractivity (Wildman–Crippen MR) is 24.1 cm³/mol. The summed E-state index contributed by atoms with van der Waals surface area (Å²) in [4.78, 5) is 0. The van der Waals surface area contributed by atoms with E-state index in [9.17, 15) is 0 Å². The summed E-state index contributed by atoms with van der Waals surface area (Å²) >= 11 is 0. The first-order chi connectivity index (χ1) is 3.13. The summed E-state index contributed by atoms with van der Waals surface area (Å²) in [5.74, 6) is 0. The summed E-state index contributed by atoms with van der Waals surface area (Å²) in [6.45, 7) is 0. The third-order valence-electron chi connectivity index (χ3n) is 0.222. The molecule has 0 aromatic heterocycles. The summed E-state index contributed by atoms with van der Waals surface area (Å²) in [5, 5.41) is 36.6. The van der Waals surface area contributed by atoms with Crippen LogP contribution in [0.2, 0.25) is 0 Å². The van der Waals surface area contributed by atoms with Gasteiger partial charge in [0.1, 0.15) is 0 Å². The van der Waals surface area contributed by atoms with Gasteiger partial charge in [0.2, 0.25) is 0 Å². The molecule has 0 spiro atoms. The third-order valence-corrected chi connectivity index (χ3v) is 0.222. The molecule has 9 heavy (non-hydrogen) atoms. The van der Waals surface area contributed by atoms with Gasteiger partial charge in [-0.25, -0.2) is 0 Å². The maximum absolute atomic E-state index is 9.16. The van der Waals surface area contributed by atoms with Crippen LogP contribution in [-0.2, 0) is 4.57 Å². The molecule has 5 nitrogen and oxygen atoms in total. The quantitative estimate of drug-likeness (QED) is 0.395. The molecule has 0 aliphatic rings. The Morgan fingerprint density at radius 3 is 1.00 bits per heavy atom. The molecule has 0 amide bonds. The van der Waals surface area contributed by atoms with Crippen molar-refractivity contribution >= 4 is 90.1 Å². The molecule has 0 aliphatic heterocycles. The van der Waals surface area contributed by atoms with Crippen LogP contribution in [0.5, 0.6) is 0 Å². The molecule has 0 aromatic rings. The van der Waals surface area contributed by atoms with Crippen molar-refractivity contribution in [2.75, 3.05) is 0 Å². The fourth-order valence-corrected chi connectivity index (χ4v) is 0.0907. The van der Waals surface area contributed by atoms with Gasteiger partial charge in [-0.2, -0.15) is 0 Å². The van der Waals surface area contributed by atoms with Gasteiger partial charge in [0.25, 0.3) is 0 Å². The van der Waals surface area contributed by atoms with Crippen LogP contribution < -0.4 is 20.1 Å². The summed E-state index contributed by atoms with van der Waals surface area (Å²) in [6.07, 6.45) is 0. The molecule has 0 bridgehead atoms.